The Labute approximate surface area is 118 Å². The molecule has 0 spiro atoms. The Balaban J connectivity index is 2.18. The van der Waals surface area contributed by atoms with Gasteiger partial charge in [-0.25, -0.2) is 0 Å². The maximum atomic E-state index is 11.7. The molecule has 0 amide bonds. The molecule has 20 heavy (non-hydrogen) atoms. The van der Waals surface area contributed by atoms with E-state index in [4.69, 9.17) is 4.74 Å². The lowest BCUT2D eigenvalue weighted by atomic mass is 10.0. The van der Waals surface area contributed by atoms with Crippen molar-refractivity contribution in [1.29, 1.82) is 0 Å². The van der Waals surface area contributed by atoms with Crippen molar-refractivity contribution in [2.24, 2.45) is 13.0 Å². The summed E-state index contributed by atoms with van der Waals surface area (Å²) >= 11 is 0. The molecule has 0 radical (unpaired) electrons. The number of para-hydroxylation sites is 1. The zero-order valence-corrected chi connectivity index (χ0v) is 12.4. The van der Waals surface area contributed by atoms with E-state index in [2.05, 4.69) is 10.4 Å². The van der Waals surface area contributed by atoms with Gasteiger partial charge in [-0.3, -0.25) is 14.8 Å². The molecular formula is C15H21N3O2. The average Bonchev–Trinajstić information content (AvgIpc) is 2.76. The monoisotopic (exact) mass is 275 g/mol. The Morgan fingerprint density at radius 1 is 1.40 bits per heavy atom. The van der Waals surface area contributed by atoms with E-state index in [1.54, 1.807) is 0 Å². The standard InChI is InChI=1S/C15H21N3O2/c1-10(2)14(15(19)20-4)16-9-12-11-7-5-6-8-13(11)18(3)17-12/h5-8,10,14,16H,9H2,1-4H3. The minimum atomic E-state index is -0.319. The number of hydrogen-bond acceptors (Lipinski definition) is 4. The first-order valence-corrected chi connectivity index (χ1v) is 6.76. The zero-order chi connectivity index (χ0) is 14.7. The Morgan fingerprint density at radius 2 is 2.10 bits per heavy atom. The second kappa shape index (κ2) is 6.05. The first-order valence-electron chi connectivity index (χ1n) is 6.76. The quantitative estimate of drug-likeness (QED) is 0.846. The van der Waals surface area contributed by atoms with E-state index in [-0.39, 0.29) is 17.9 Å². The fourth-order valence-corrected chi connectivity index (χ4v) is 2.34. The number of ether oxygens (including phenoxy) is 1. The van der Waals surface area contributed by atoms with E-state index in [1.807, 2.05) is 49.8 Å². The van der Waals surface area contributed by atoms with Crippen LogP contribution in [0.2, 0.25) is 0 Å². The van der Waals surface area contributed by atoms with Gasteiger partial charge < -0.3 is 4.74 Å². The second-order valence-corrected chi connectivity index (χ2v) is 5.21. The Morgan fingerprint density at radius 3 is 2.75 bits per heavy atom. The molecule has 5 nitrogen and oxygen atoms in total. The van der Waals surface area contributed by atoms with Gasteiger partial charge in [0.1, 0.15) is 6.04 Å². The number of aromatic nitrogens is 2. The van der Waals surface area contributed by atoms with Gasteiger partial charge in [-0.1, -0.05) is 32.0 Å². The van der Waals surface area contributed by atoms with Crippen LogP contribution in [0.5, 0.6) is 0 Å². The highest BCUT2D eigenvalue weighted by Gasteiger charge is 2.22. The Bertz CT molecular complexity index is 604. The predicted octanol–water partition coefficient (Wildman–Crippen LogP) is 1.86. The van der Waals surface area contributed by atoms with Crippen LogP contribution in [0, 0.1) is 5.92 Å². The van der Waals surface area contributed by atoms with Gasteiger partial charge in [-0.2, -0.15) is 5.10 Å². The molecule has 1 aromatic carbocycles. The van der Waals surface area contributed by atoms with Gasteiger partial charge in [0.2, 0.25) is 0 Å². The van der Waals surface area contributed by atoms with Crippen LogP contribution in [0.3, 0.4) is 0 Å². The van der Waals surface area contributed by atoms with Crippen molar-refractivity contribution in [2.45, 2.75) is 26.4 Å². The van der Waals surface area contributed by atoms with E-state index in [0.29, 0.717) is 6.54 Å². The number of carbonyl (C=O) groups is 1. The van der Waals surface area contributed by atoms with Crippen LogP contribution in [-0.2, 0) is 23.1 Å². The number of methoxy groups -OCH3 is 1. The van der Waals surface area contributed by atoms with Gasteiger partial charge in [-0.05, 0) is 12.0 Å². The van der Waals surface area contributed by atoms with Gasteiger partial charge >= 0.3 is 5.97 Å². The fourth-order valence-electron chi connectivity index (χ4n) is 2.34. The van der Waals surface area contributed by atoms with Crippen molar-refractivity contribution in [3.8, 4) is 0 Å². The number of hydrogen-bond donors (Lipinski definition) is 1. The maximum absolute atomic E-state index is 11.7. The molecule has 1 aromatic heterocycles. The molecule has 5 heteroatoms. The molecule has 1 N–H and O–H groups in total. The normalized spacial score (nSPS) is 12.8. The molecule has 108 valence electrons. The molecule has 1 heterocycles. The van der Waals surface area contributed by atoms with Crippen molar-refractivity contribution >= 4 is 16.9 Å². The van der Waals surface area contributed by atoms with Gasteiger partial charge in [0.05, 0.1) is 18.3 Å². The lowest BCUT2D eigenvalue weighted by Gasteiger charge is -2.19. The third-order valence-electron chi connectivity index (χ3n) is 3.45. The Hall–Kier alpha value is -1.88. The number of nitrogens with one attached hydrogen (secondary N) is 1. The van der Waals surface area contributed by atoms with E-state index in [9.17, 15) is 4.79 Å². The van der Waals surface area contributed by atoms with Crippen LogP contribution < -0.4 is 5.32 Å². The van der Waals surface area contributed by atoms with E-state index in [0.717, 1.165) is 16.6 Å². The van der Waals surface area contributed by atoms with Crippen LogP contribution >= 0.6 is 0 Å². The van der Waals surface area contributed by atoms with Gasteiger partial charge in [0.25, 0.3) is 0 Å². The topological polar surface area (TPSA) is 56.1 Å². The third kappa shape index (κ3) is 2.82. The summed E-state index contributed by atoms with van der Waals surface area (Å²) in [4.78, 5) is 11.7. The molecule has 0 saturated heterocycles. The number of rotatable bonds is 5. The summed E-state index contributed by atoms with van der Waals surface area (Å²) in [6.07, 6.45) is 0. The summed E-state index contributed by atoms with van der Waals surface area (Å²) < 4.78 is 6.68. The average molecular weight is 275 g/mol. The number of esters is 1. The van der Waals surface area contributed by atoms with Crippen LogP contribution in [0.25, 0.3) is 10.9 Å². The number of aryl methyl sites for hydroxylation is 1. The van der Waals surface area contributed by atoms with Crippen LogP contribution in [0.1, 0.15) is 19.5 Å². The molecular weight excluding hydrogens is 254 g/mol. The Kier molecular flexibility index (Phi) is 4.39. The third-order valence-corrected chi connectivity index (χ3v) is 3.45. The zero-order valence-electron chi connectivity index (χ0n) is 12.4. The summed E-state index contributed by atoms with van der Waals surface area (Å²) in [5.41, 5.74) is 2.03. The first-order chi connectivity index (χ1) is 9.54. The molecule has 2 rings (SSSR count). The molecule has 0 bridgehead atoms. The summed E-state index contributed by atoms with van der Waals surface area (Å²) in [7, 11) is 3.33. The summed E-state index contributed by atoms with van der Waals surface area (Å²) in [6, 6.07) is 7.75. The molecule has 0 aliphatic rings. The van der Waals surface area contributed by atoms with Crippen LogP contribution in [0.15, 0.2) is 24.3 Å². The number of nitrogens with zero attached hydrogens (tertiary/aromatic N) is 2. The summed E-state index contributed by atoms with van der Waals surface area (Å²) in [5.74, 6) is -0.0716. The molecule has 1 unspecified atom stereocenters. The van der Waals surface area contributed by atoms with Crippen LogP contribution in [0.4, 0.5) is 0 Å². The lowest BCUT2D eigenvalue weighted by Crippen LogP contribution is -2.41. The summed E-state index contributed by atoms with van der Waals surface area (Å²) in [5, 5.41) is 8.86. The largest absolute Gasteiger partial charge is 0.468 e. The predicted molar refractivity (Wildman–Crippen MR) is 78.2 cm³/mol. The van der Waals surface area contributed by atoms with Gasteiger partial charge in [0, 0.05) is 19.0 Å². The number of fused-ring (bicyclic) bond motifs is 1. The fraction of sp³-hybridized carbons (Fsp3) is 0.467. The van der Waals surface area contributed by atoms with Gasteiger partial charge in [0.15, 0.2) is 0 Å². The second-order valence-electron chi connectivity index (χ2n) is 5.21. The van der Waals surface area contributed by atoms with Gasteiger partial charge in [-0.15, -0.1) is 0 Å². The number of benzene rings is 1. The molecule has 2 aromatic rings. The lowest BCUT2D eigenvalue weighted by molar-refractivity contribution is -0.144. The molecule has 0 saturated carbocycles. The van der Waals surface area contributed by atoms with E-state index < -0.39 is 0 Å². The molecule has 0 fully saturated rings. The molecule has 1 atom stereocenters. The SMILES string of the molecule is COC(=O)C(NCc1nn(C)c2ccccc12)C(C)C. The van der Waals surface area contributed by atoms with Crippen molar-refractivity contribution in [1.82, 2.24) is 15.1 Å². The minimum absolute atomic E-state index is 0.164. The first kappa shape index (κ1) is 14.5. The van der Waals surface area contributed by atoms with Crippen molar-refractivity contribution in [3.63, 3.8) is 0 Å². The highest BCUT2D eigenvalue weighted by Crippen LogP contribution is 2.17. The highest BCUT2D eigenvalue weighted by molar-refractivity contribution is 5.82. The molecule has 0 aliphatic heterocycles. The van der Waals surface area contributed by atoms with Crippen molar-refractivity contribution in [3.05, 3.63) is 30.0 Å². The van der Waals surface area contributed by atoms with Crippen LogP contribution in [-0.4, -0.2) is 28.9 Å². The minimum Gasteiger partial charge on any atom is -0.468 e. The maximum Gasteiger partial charge on any atom is 0.323 e. The molecule has 0 aliphatic carbocycles. The smallest absolute Gasteiger partial charge is 0.323 e. The summed E-state index contributed by atoms with van der Waals surface area (Å²) in [6.45, 7) is 4.52. The van der Waals surface area contributed by atoms with Crippen molar-refractivity contribution in [2.75, 3.05) is 7.11 Å². The number of carbonyl (C=O) groups excluding carboxylic acids is 1. The highest BCUT2D eigenvalue weighted by atomic mass is 16.5. The van der Waals surface area contributed by atoms with Crippen molar-refractivity contribution < 1.29 is 9.53 Å². The van der Waals surface area contributed by atoms with E-state index in [1.165, 1.54) is 7.11 Å². The van der Waals surface area contributed by atoms with E-state index >= 15 is 0 Å².